The van der Waals surface area contributed by atoms with E-state index in [9.17, 15) is 4.79 Å². The monoisotopic (exact) mass is 396 g/mol. The van der Waals surface area contributed by atoms with Gasteiger partial charge in [-0.2, -0.15) is 0 Å². The third kappa shape index (κ3) is 3.31. The van der Waals surface area contributed by atoms with Gasteiger partial charge in [0.15, 0.2) is 11.4 Å². The molecule has 4 aromatic rings. The zero-order chi connectivity index (χ0) is 19.0. The van der Waals surface area contributed by atoms with Crippen LogP contribution in [0.4, 0.5) is 0 Å². The summed E-state index contributed by atoms with van der Waals surface area (Å²) in [5.74, 6) is 0.0106. The van der Waals surface area contributed by atoms with Gasteiger partial charge in [-0.15, -0.1) is 10.2 Å². The molecule has 0 bridgehead atoms. The molecule has 0 saturated carbocycles. The molecule has 0 saturated heterocycles. The number of benzene rings is 2. The smallest absolute Gasteiger partial charge is 0.211 e. The van der Waals surface area contributed by atoms with Gasteiger partial charge < -0.3 is 4.57 Å². The molecule has 2 aromatic carbocycles. The molecule has 0 aliphatic rings. The number of halogens is 1. The Bertz CT molecular complexity index is 1140. The standard InChI is InChI=1S/C20H17ClN4OS/c1-3-25-16-7-5-4-6-15(16)17-19(25)22-20(24-23-17)27-12(2)18(26)13-8-10-14(21)11-9-13/h4-12H,3H2,1-2H3/t12-/m0/s1. The molecule has 0 fully saturated rings. The number of nitrogens with zero attached hydrogens (tertiary/aromatic N) is 4. The summed E-state index contributed by atoms with van der Waals surface area (Å²) in [7, 11) is 0. The van der Waals surface area contributed by atoms with Crippen LogP contribution in [0.15, 0.2) is 53.7 Å². The van der Waals surface area contributed by atoms with E-state index in [-0.39, 0.29) is 11.0 Å². The van der Waals surface area contributed by atoms with Crippen LogP contribution in [0.1, 0.15) is 24.2 Å². The van der Waals surface area contributed by atoms with E-state index in [1.807, 2.05) is 25.1 Å². The van der Waals surface area contributed by atoms with Crippen molar-refractivity contribution >= 4 is 51.2 Å². The van der Waals surface area contributed by atoms with Crippen molar-refractivity contribution in [3.8, 4) is 0 Å². The SMILES string of the molecule is CCn1c2ccccc2c2nnc(S[C@@H](C)C(=O)c3ccc(Cl)cc3)nc21. The number of aryl methyl sites for hydroxylation is 1. The van der Waals surface area contributed by atoms with Crippen LogP contribution in [-0.2, 0) is 6.54 Å². The lowest BCUT2D eigenvalue weighted by Crippen LogP contribution is -2.14. The van der Waals surface area contributed by atoms with Gasteiger partial charge in [0.25, 0.3) is 0 Å². The van der Waals surface area contributed by atoms with Gasteiger partial charge in [-0.25, -0.2) is 4.98 Å². The van der Waals surface area contributed by atoms with Crippen LogP contribution in [0.3, 0.4) is 0 Å². The summed E-state index contributed by atoms with van der Waals surface area (Å²) in [5.41, 5.74) is 3.29. The van der Waals surface area contributed by atoms with E-state index in [2.05, 4.69) is 27.8 Å². The normalized spacial score (nSPS) is 12.6. The number of Topliss-reactive ketones (excluding diaryl/α,β-unsaturated/α-hetero) is 1. The third-order valence-corrected chi connectivity index (χ3v) is 5.65. The van der Waals surface area contributed by atoms with Crippen molar-refractivity contribution in [1.82, 2.24) is 19.7 Å². The van der Waals surface area contributed by atoms with Gasteiger partial charge in [-0.05, 0) is 44.2 Å². The molecule has 0 aliphatic heterocycles. The second-order valence-corrected chi connectivity index (χ2v) is 7.90. The number of aromatic nitrogens is 4. The van der Waals surface area contributed by atoms with E-state index in [1.165, 1.54) is 11.8 Å². The topological polar surface area (TPSA) is 60.7 Å². The average Bonchev–Trinajstić information content (AvgIpc) is 3.01. The highest BCUT2D eigenvalue weighted by molar-refractivity contribution is 8.00. The molecule has 2 aromatic heterocycles. The molecule has 136 valence electrons. The number of fused-ring (bicyclic) bond motifs is 3. The minimum atomic E-state index is -0.329. The van der Waals surface area contributed by atoms with Crippen LogP contribution in [0.5, 0.6) is 0 Å². The fourth-order valence-electron chi connectivity index (χ4n) is 3.12. The number of hydrogen-bond donors (Lipinski definition) is 0. The Balaban J connectivity index is 1.67. The van der Waals surface area contributed by atoms with Crippen molar-refractivity contribution in [3.63, 3.8) is 0 Å². The highest BCUT2D eigenvalue weighted by Gasteiger charge is 2.20. The maximum absolute atomic E-state index is 12.6. The number of thioether (sulfide) groups is 1. The van der Waals surface area contributed by atoms with Crippen molar-refractivity contribution in [2.24, 2.45) is 0 Å². The summed E-state index contributed by atoms with van der Waals surface area (Å²) < 4.78 is 2.12. The number of para-hydroxylation sites is 1. The fraction of sp³-hybridized carbons (Fsp3) is 0.200. The van der Waals surface area contributed by atoms with Crippen LogP contribution in [0.25, 0.3) is 22.1 Å². The van der Waals surface area contributed by atoms with E-state index >= 15 is 0 Å². The summed E-state index contributed by atoms with van der Waals surface area (Å²) in [6.07, 6.45) is 0. The van der Waals surface area contributed by atoms with Crippen LogP contribution >= 0.6 is 23.4 Å². The molecule has 0 radical (unpaired) electrons. The molecule has 0 unspecified atom stereocenters. The molecular weight excluding hydrogens is 380 g/mol. The lowest BCUT2D eigenvalue weighted by molar-refractivity contribution is 0.0994. The summed E-state index contributed by atoms with van der Waals surface area (Å²) in [4.78, 5) is 17.3. The van der Waals surface area contributed by atoms with Gasteiger partial charge in [0.2, 0.25) is 5.16 Å². The van der Waals surface area contributed by atoms with Gasteiger partial charge in [0.1, 0.15) is 5.52 Å². The molecule has 7 heteroatoms. The van der Waals surface area contributed by atoms with Crippen molar-refractivity contribution < 1.29 is 4.79 Å². The first kappa shape index (κ1) is 17.9. The lowest BCUT2D eigenvalue weighted by atomic mass is 10.1. The molecule has 0 aliphatic carbocycles. The molecular formula is C20H17ClN4OS. The Morgan fingerprint density at radius 3 is 2.63 bits per heavy atom. The van der Waals surface area contributed by atoms with Crippen LogP contribution in [-0.4, -0.2) is 30.8 Å². The zero-order valence-corrected chi connectivity index (χ0v) is 16.5. The maximum Gasteiger partial charge on any atom is 0.211 e. The number of ketones is 1. The first-order valence-electron chi connectivity index (χ1n) is 8.66. The van der Waals surface area contributed by atoms with Crippen molar-refractivity contribution in [3.05, 3.63) is 59.1 Å². The summed E-state index contributed by atoms with van der Waals surface area (Å²) >= 11 is 7.21. The van der Waals surface area contributed by atoms with Crippen LogP contribution in [0, 0.1) is 0 Å². The largest absolute Gasteiger partial charge is 0.324 e. The van der Waals surface area contributed by atoms with E-state index in [0.717, 1.165) is 28.6 Å². The van der Waals surface area contributed by atoms with Crippen LogP contribution < -0.4 is 0 Å². The quantitative estimate of drug-likeness (QED) is 0.350. The number of rotatable bonds is 5. The minimum absolute atomic E-state index is 0.0106. The van der Waals surface area contributed by atoms with Crippen molar-refractivity contribution in [2.75, 3.05) is 0 Å². The molecule has 27 heavy (non-hydrogen) atoms. The van der Waals surface area contributed by atoms with Crippen molar-refractivity contribution in [1.29, 1.82) is 0 Å². The van der Waals surface area contributed by atoms with Gasteiger partial charge in [0, 0.05) is 22.5 Å². The summed E-state index contributed by atoms with van der Waals surface area (Å²) in [6.45, 7) is 4.71. The third-order valence-electron chi connectivity index (χ3n) is 4.45. The molecule has 4 rings (SSSR count). The van der Waals surface area contributed by atoms with E-state index in [4.69, 9.17) is 16.6 Å². The number of hydrogen-bond acceptors (Lipinski definition) is 5. The Morgan fingerprint density at radius 1 is 1.15 bits per heavy atom. The lowest BCUT2D eigenvalue weighted by Gasteiger charge is -2.09. The number of carbonyl (C=O) groups excluding carboxylic acids is 1. The molecule has 0 amide bonds. The second-order valence-electron chi connectivity index (χ2n) is 6.16. The van der Waals surface area contributed by atoms with E-state index < -0.39 is 0 Å². The highest BCUT2D eigenvalue weighted by Crippen LogP contribution is 2.28. The molecule has 2 heterocycles. The van der Waals surface area contributed by atoms with Crippen LogP contribution in [0.2, 0.25) is 5.02 Å². The fourth-order valence-corrected chi connectivity index (χ4v) is 4.03. The predicted molar refractivity (Wildman–Crippen MR) is 110 cm³/mol. The Labute approximate surface area is 165 Å². The van der Waals surface area contributed by atoms with Gasteiger partial charge in [-0.3, -0.25) is 4.79 Å². The second kappa shape index (κ2) is 7.29. The Hall–Kier alpha value is -2.44. The van der Waals surface area contributed by atoms with Crippen molar-refractivity contribution in [2.45, 2.75) is 30.8 Å². The first-order valence-corrected chi connectivity index (χ1v) is 9.92. The zero-order valence-electron chi connectivity index (χ0n) is 14.9. The number of carbonyl (C=O) groups is 1. The first-order chi connectivity index (χ1) is 13.1. The Kier molecular flexibility index (Phi) is 4.85. The Morgan fingerprint density at radius 2 is 1.89 bits per heavy atom. The minimum Gasteiger partial charge on any atom is -0.324 e. The van der Waals surface area contributed by atoms with E-state index in [0.29, 0.717) is 15.7 Å². The maximum atomic E-state index is 12.6. The summed E-state index contributed by atoms with van der Waals surface area (Å²) in [6, 6.07) is 15.0. The summed E-state index contributed by atoms with van der Waals surface area (Å²) in [5, 5.41) is 10.5. The van der Waals surface area contributed by atoms with Gasteiger partial charge in [0.05, 0.1) is 10.8 Å². The van der Waals surface area contributed by atoms with Gasteiger partial charge in [-0.1, -0.05) is 41.6 Å². The molecule has 1 atom stereocenters. The highest BCUT2D eigenvalue weighted by atomic mass is 35.5. The molecule has 5 nitrogen and oxygen atoms in total. The predicted octanol–water partition coefficient (Wildman–Crippen LogP) is 5.02. The van der Waals surface area contributed by atoms with E-state index in [1.54, 1.807) is 24.3 Å². The van der Waals surface area contributed by atoms with Gasteiger partial charge >= 0.3 is 0 Å². The molecule has 0 N–H and O–H groups in total. The average molecular weight is 397 g/mol. The molecule has 0 spiro atoms.